The van der Waals surface area contributed by atoms with Crippen molar-refractivity contribution in [2.75, 3.05) is 5.32 Å². The number of carbonyl (C=O) groups is 2. The van der Waals surface area contributed by atoms with Crippen LogP contribution in [0.4, 0.5) is 18.9 Å². The molecule has 3 rings (SSSR count). The molecule has 0 aliphatic carbocycles. The number of amides is 1. The van der Waals surface area contributed by atoms with Crippen LogP contribution >= 0.6 is 0 Å². The smallest absolute Gasteiger partial charge is 0.375 e. The molecule has 1 amide bonds. The largest absolute Gasteiger partial charge is 0.449 e. The van der Waals surface area contributed by atoms with Gasteiger partial charge < -0.3 is 14.5 Å². The lowest BCUT2D eigenvalue weighted by Gasteiger charge is -2.13. The highest BCUT2D eigenvalue weighted by Crippen LogP contribution is 2.26. The van der Waals surface area contributed by atoms with Crippen LogP contribution in [-0.2, 0) is 9.53 Å². The van der Waals surface area contributed by atoms with Gasteiger partial charge >= 0.3 is 5.97 Å². The molecule has 0 fully saturated rings. The van der Waals surface area contributed by atoms with Crippen LogP contribution in [0.5, 0.6) is 0 Å². The van der Waals surface area contributed by atoms with Crippen LogP contribution in [0.15, 0.2) is 40.8 Å². The molecule has 0 saturated heterocycles. The molecular weight excluding hydrogens is 363 g/mol. The van der Waals surface area contributed by atoms with Crippen molar-refractivity contribution in [1.82, 2.24) is 0 Å². The maximum atomic E-state index is 13.6. The SMILES string of the molecule is Cc1c(C(=O)O[C@H](C)C(=O)Nc2ccc(F)c(F)c2F)oc2ccccc12. The number of rotatable bonds is 4. The van der Waals surface area contributed by atoms with Gasteiger partial charge in [0.25, 0.3) is 5.91 Å². The molecule has 3 aromatic rings. The van der Waals surface area contributed by atoms with Gasteiger partial charge in [-0.1, -0.05) is 18.2 Å². The molecular formula is C19H14F3NO4. The average Bonchev–Trinajstić information content (AvgIpc) is 2.99. The summed E-state index contributed by atoms with van der Waals surface area (Å²) in [6.07, 6.45) is -1.34. The van der Waals surface area contributed by atoms with Crippen molar-refractivity contribution in [1.29, 1.82) is 0 Å². The molecule has 0 bridgehead atoms. The predicted octanol–water partition coefficient (Wildman–Crippen LogP) is 4.34. The third-order valence-corrected chi connectivity index (χ3v) is 3.98. The quantitative estimate of drug-likeness (QED) is 0.542. The van der Waals surface area contributed by atoms with Gasteiger partial charge in [-0.3, -0.25) is 4.79 Å². The van der Waals surface area contributed by atoms with Gasteiger partial charge in [0.05, 0.1) is 5.69 Å². The van der Waals surface area contributed by atoms with E-state index in [0.29, 0.717) is 17.2 Å². The normalized spacial score (nSPS) is 12.0. The van der Waals surface area contributed by atoms with E-state index >= 15 is 0 Å². The zero-order valence-electron chi connectivity index (χ0n) is 14.3. The minimum atomic E-state index is -1.71. The lowest BCUT2D eigenvalue weighted by molar-refractivity contribution is -0.123. The molecule has 2 aromatic carbocycles. The first-order chi connectivity index (χ1) is 12.8. The van der Waals surface area contributed by atoms with Gasteiger partial charge in [-0.2, -0.15) is 0 Å². The number of anilines is 1. The molecule has 0 saturated carbocycles. The molecule has 1 heterocycles. The van der Waals surface area contributed by atoms with Crippen LogP contribution in [0.1, 0.15) is 23.0 Å². The summed E-state index contributed by atoms with van der Waals surface area (Å²) in [6, 6.07) is 8.51. The second kappa shape index (κ2) is 7.14. The van der Waals surface area contributed by atoms with Crippen LogP contribution in [-0.4, -0.2) is 18.0 Å². The van der Waals surface area contributed by atoms with E-state index in [2.05, 4.69) is 0 Å². The lowest BCUT2D eigenvalue weighted by atomic mass is 10.1. The van der Waals surface area contributed by atoms with E-state index in [4.69, 9.17) is 9.15 Å². The Bertz CT molecular complexity index is 1040. The first-order valence-corrected chi connectivity index (χ1v) is 7.93. The molecule has 0 radical (unpaired) electrons. The van der Waals surface area contributed by atoms with Crippen LogP contribution < -0.4 is 5.32 Å². The van der Waals surface area contributed by atoms with Crippen LogP contribution in [0.3, 0.4) is 0 Å². The van der Waals surface area contributed by atoms with Crippen molar-refractivity contribution >= 4 is 28.5 Å². The first kappa shape index (κ1) is 18.5. The summed E-state index contributed by atoms with van der Waals surface area (Å²) in [6.45, 7) is 2.92. The number of hydrogen-bond donors (Lipinski definition) is 1. The Morgan fingerprint density at radius 1 is 1.07 bits per heavy atom. The maximum absolute atomic E-state index is 13.6. The van der Waals surface area contributed by atoms with Crippen molar-refractivity contribution in [3.63, 3.8) is 0 Å². The number of ether oxygens (including phenoxy) is 1. The standard InChI is InChI=1S/C19H14F3NO4/c1-9-11-5-3-4-6-14(11)27-17(9)19(25)26-10(2)18(24)23-13-8-7-12(20)15(21)16(13)22/h3-8,10H,1-2H3,(H,23,24)/t10-/m1/s1. The average molecular weight is 377 g/mol. The number of para-hydroxylation sites is 1. The topological polar surface area (TPSA) is 68.5 Å². The summed E-state index contributed by atoms with van der Waals surface area (Å²) in [5.74, 6) is -6.50. The van der Waals surface area contributed by atoms with Crippen LogP contribution in [0.2, 0.25) is 0 Å². The Balaban J connectivity index is 1.73. The molecule has 140 valence electrons. The van der Waals surface area contributed by atoms with E-state index in [-0.39, 0.29) is 5.76 Å². The van der Waals surface area contributed by atoms with Gasteiger partial charge in [-0.05, 0) is 32.0 Å². The molecule has 0 unspecified atom stereocenters. The highest BCUT2D eigenvalue weighted by Gasteiger charge is 2.25. The monoisotopic (exact) mass is 377 g/mol. The summed E-state index contributed by atoms with van der Waals surface area (Å²) in [5, 5.41) is 2.77. The maximum Gasteiger partial charge on any atom is 0.375 e. The van der Waals surface area contributed by atoms with Crippen molar-refractivity contribution in [2.45, 2.75) is 20.0 Å². The number of furan rings is 1. The van der Waals surface area contributed by atoms with Crippen molar-refractivity contribution < 1.29 is 31.9 Å². The highest BCUT2D eigenvalue weighted by molar-refractivity contribution is 5.99. The highest BCUT2D eigenvalue weighted by atomic mass is 19.2. The number of benzene rings is 2. The van der Waals surface area contributed by atoms with E-state index in [1.165, 1.54) is 6.92 Å². The third kappa shape index (κ3) is 3.51. The third-order valence-electron chi connectivity index (χ3n) is 3.98. The van der Waals surface area contributed by atoms with Gasteiger partial charge in [0.1, 0.15) is 5.58 Å². The molecule has 0 aliphatic rings. The summed E-state index contributed by atoms with van der Waals surface area (Å²) >= 11 is 0. The minimum Gasteiger partial charge on any atom is -0.449 e. The second-order valence-corrected chi connectivity index (χ2v) is 5.81. The fourth-order valence-corrected chi connectivity index (χ4v) is 2.49. The number of fused-ring (bicyclic) bond motifs is 1. The molecule has 8 heteroatoms. The molecule has 0 spiro atoms. The molecule has 1 atom stereocenters. The second-order valence-electron chi connectivity index (χ2n) is 5.81. The van der Waals surface area contributed by atoms with E-state index in [0.717, 1.165) is 11.5 Å². The fraction of sp³-hybridized carbons (Fsp3) is 0.158. The molecule has 5 nitrogen and oxygen atoms in total. The van der Waals surface area contributed by atoms with Gasteiger partial charge in [0, 0.05) is 10.9 Å². The van der Waals surface area contributed by atoms with Crippen molar-refractivity contribution in [2.24, 2.45) is 0 Å². The summed E-state index contributed by atoms with van der Waals surface area (Å²) < 4.78 is 50.3. The minimum absolute atomic E-state index is 0.0603. The van der Waals surface area contributed by atoms with Gasteiger partial charge in [0.15, 0.2) is 23.6 Å². The zero-order chi connectivity index (χ0) is 19.7. The summed E-state index contributed by atoms with van der Waals surface area (Å²) in [5.41, 5.74) is 0.472. The number of halogens is 3. The van der Waals surface area contributed by atoms with Gasteiger partial charge in [-0.25, -0.2) is 18.0 Å². The Morgan fingerprint density at radius 3 is 2.48 bits per heavy atom. The first-order valence-electron chi connectivity index (χ1n) is 7.93. The molecule has 1 N–H and O–H groups in total. The lowest BCUT2D eigenvalue weighted by Crippen LogP contribution is -2.30. The van der Waals surface area contributed by atoms with E-state index in [9.17, 15) is 22.8 Å². The Morgan fingerprint density at radius 2 is 1.78 bits per heavy atom. The number of carbonyl (C=O) groups excluding carboxylic acids is 2. The molecule has 1 aromatic heterocycles. The van der Waals surface area contributed by atoms with Crippen molar-refractivity contribution in [3.05, 3.63) is 65.2 Å². The Hall–Kier alpha value is -3.29. The van der Waals surface area contributed by atoms with E-state index in [1.54, 1.807) is 31.2 Å². The van der Waals surface area contributed by atoms with Gasteiger partial charge in [0.2, 0.25) is 5.76 Å². The fourth-order valence-electron chi connectivity index (χ4n) is 2.49. The molecule has 27 heavy (non-hydrogen) atoms. The zero-order valence-corrected chi connectivity index (χ0v) is 14.3. The number of aryl methyl sites for hydroxylation is 1. The van der Waals surface area contributed by atoms with Crippen molar-refractivity contribution in [3.8, 4) is 0 Å². The number of esters is 1. The number of hydrogen-bond acceptors (Lipinski definition) is 4. The summed E-state index contributed by atoms with van der Waals surface area (Å²) in [4.78, 5) is 24.4. The molecule has 0 aliphatic heterocycles. The Labute approximate surface area is 151 Å². The van der Waals surface area contributed by atoms with Crippen LogP contribution in [0, 0.1) is 24.4 Å². The number of nitrogens with one attached hydrogen (secondary N) is 1. The summed E-state index contributed by atoms with van der Waals surface area (Å²) in [7, 11) is 0. The van der Waals surface area contributed by atoms with Crippen LogP contribution in [0.25, 0.3) is 11.0 Å². The van der Waals surface area contributed by atoms with E-state index in [1.807, 2.05) is 5.32 Å². The van der Waals surface area contributed by atoms with E-state index < -0.39 is 41.1 Å². The van der Waals surface area contributed by atoms with Gasteiger partial charge in [-0.15, -0.1) is 0 Å². The Kier molecular flexibility index (Phi) is 4.89. The predicted molar refractivity (Wildman–Crippen MR) is 90.8 cm³/mol.